The molecule has 3 fully saturated rings. The minimum absolute atomic E-state index is 0.0578. The molecule has 0 bridgehead atoms. The summed E-state index contributed by atoms with van der Waals surface area (Å²) in [5.41, 5.74) is 1.91. The number of likely N-dealkylation sites (tertiary alicyclic amines) is 1. The quantitative estimate of drug-likeness (QED) is 0.209. The minimum Gasteiger partial charge on any atom is -0.466 e. The van der Waals surface area contributed by atoms with E-state index in [2.05, 4.69) is 5.32 Å². The Hall–Kier alpha value is -3.49. The average Bonchev–Trinajstić information content (AvgIpc) is 3.80. The number of ether oxygens (including phenoxy) is 2. The number of nitrogens with one attached hydrogen (secondary N) is 1. The number of anilines is 1. The Morgan fingerprint density at radius 1 is 0.941 bits per heavy atom. The van der Waals surface area contributed by atoms with E-state index >= 15 is 0 Å². The first kappa shape index (κ1) is 37.3. The van der Waals surface area contributed by atoms with Gasteiger partial charge in [0.1, 0.15) is 11.8 Å². The van der Waals surface area contributed by atoms with E-state index in [4.69, 9.17) is 25.5 Å². The van der Waals surface area contributed by atoms with Crippen molar-refractivity contribution in [1.29, 1.82) is 0 Å². The third-order valence-electron chi connectivity index (χ3n) is 10.1. The van der Waals surface area contributed by atoms with Gasteiger partial charge in [-0.1, -0.05) is 35.9 Å². The van der Waals surface area contributed by atoms with Gasteiger partial charge in [0.15, 0.2) is 5.78 Å². The van der Waals surface area contributed by atoms with Crippen LogP contribution in [0.15, 0.2) is 53.1 Å². The van der Waals surface area contributed by atoms with Crippen LogP contribution in [0.2, 0.25) is 5.02 Å². The molecule has 2 aliphatic heterocycles. The monoisotopic (exact) mass is 732 g/mol. The highest BCUT2D eigenvalue weighted by Gasteiger charge is 2.53. The van der Waals surface area contributed by atoms with Crippen LogP contribution in [0.3, 0.4) is 0 Å². The first-order chi connectivity index (χ1) is 24.5. The van der Waals surface area contributed by atoms with Gasteiger partial charge in [-0.25, -0.2) is 0 Å². The van der Waals surface area contributed by atoms with E-state index in [1.165, 1.54) is 11.2 Å². The van der Waals surface area contributed by atoms with Crippen molar-refractivity contribution >= 4 is 45.9 Å². The standard InChI is InChI=1S/C37H44ClF3N4O6/c1-2-49-35(48)26-10-12-27(13-11-26)51-37(44-15-5-6-16-44,45-19-17-43(18-20-45)24-36(39,40)41)33(46)22-25-9-14-31(30(38)21-25)42-34(47)29-23-50-32-8-4-3-7-28(29)32/h3-4,7-9,14,21,23,26-27H,2,5-6,10-13,15-20,22,24H2,1H3,(H,42,47). The summed E-state index contributed by atoms with van der Waals surface area (Å²) >= 11 is 6.68. The number of nitrogens with zero attached hydrogens (tertiary/aromatic N) is 3. The van der Waals surface area contributed by atoms with Gasteiger partial charge in [-0.2, -0.15) is 13.2 Å². The minimum atomic E-state index is -4.32. The van der Waals surface area contributed by atoms with Crippen LogP contribution in [0.4, 0.5) is 18.9 Å². The zero-order chi connectivity index (χ0) is 36.2. The highest BCUT2D eigenvalue weighted by Crippen LogP contribution is 2.37. The molecule has 3 aromatic rings. The number of carbonyl (C=O) groups is 3. The molecule has 0 radical (unpaired) electrons. The van der Waals surface area contributed by atoms with Gasteiger partial charge in [-0.05, 0) is 69.2 Å². The van der Waals surface area contributed by atoms with Gasteiger partial charge < -0.3 is 19.2 Å². The lowest BCUT2D eigenvalue weighted by molar-refractivity contribution is -0.262. The van der Waals surface area contributed by atoms with Crippen molar-refractivity contribution < 1.29 is 41.4 Å². The van der Waals surface area contributed by atoms with Gasteiger partial charge in [-0.3, -0.25) is 29.1 Å². The van der Waals surface area contributed by atoms with Gasteiger partial charge >= 0.3 is 12.1 Å². The number of Topliss-reactive ketones (excluding diaryl/α,β-unsaturated/α-hetero) is 1. The Morgan fingerprint density at radius 2 is 1.63 bits per heavy atom. The van der Waals surface area contributed by atoms with E-state index in [1.54, 1.807) is 37.3 Å². The summed E-state index contributed by atoms with van der Waals surface area (Å²) in [5.74, 6) is -2.60. The number of piperazine rings is 1. The van der Waals surface area contributed by atoms with E-state index in [0.717, 1.165) is 12.8 Å². The van der Waals surface area contributed by atoms with Crippen molar-refractivity contribution in [3.05, 3.63) is 64.9 Å². The molecule has 3 heterocycles. The molecule has 2 aromatic carbocycles. The summed E-state index contributed by atoms with van der Waals surface area (Å²) in [5, 5.41) is 3.74. The SMILES string of the molecule is CCOC(=O)C1CCC(OC(C(=O)Cc2ccc(NC(=O)c3coc4ccccc34)c(Cl)c2)(N2CCCC2)N2CCN(CC(F)(F)F)CC2)CC1. The third-order valence-corrected chi connectivity index (χ3v) is 10.4. The topological polar surface area (TPSA) is 105 Å². The predicted octanol–water partition coefficient (Wildman–Crippen LogP) is 6.52. The predicted molar refractivity (Wildman–Crippen MR) is 185 cm³/mol. The molecular weight excluding hydrogens is 689 g/mol. The molecule has 10 nitrogen and oxygen atoms in total. The van der Waals surface area contributed by atoms with Crippen molar-refractivity contribution in [3.8, 4) is 0 Å². The number of hydrogen-bond donors (Lipinski definition) is 1. The summed E-state index contributed by atoms with van der Waals surface area (Å²) in [7, 11) is 0. The number of carbonyl (C=O) groups excluding carboxylic acids is 3. The number of para-hydroxylation sites is 1. The lowest BCUT2D eigenvalue weighted by Gasteiger charge is -2.52. The average molecular weight is 733 g/mol. The summed E-state index contributed by atoms with van der Waals surface area (Å²) < 4.78 is 57.6. The number of esters is 1. The zero-order valence-corrected chi connectivity index (χ0v) is 29.4. The van der Waals surface area contributed by atoms with Gasteiger partial charge in [0.25, 0.3) is 5.91 Å². The van der Waals surface area contributed by atoms with Gasteiger partial charge in [0.2, 0.25) is 5.85 Å². The molecular formula is C37H44ClF3N4O6. The van der Waals surface area contributed by atoms with Crippen LogP contribution in [0.5, 0.6) is 0 Å². The van der Waals surface area contributed by atoms with E-state index in [1.807, 2.05) is 21.9 Å². The molecule has 1 aliphatic carbocycles. The fraction of sp³-hybridized carbons (Fsp3) is 0.541. The highest BCUT2D eigenvalue weighted by molar-refractivity contribution is 6.34. The number of ketones is 1. The number of fused-ring (bicyclic) bond motifs is 1. The zero-order valence-electron chi connectivity index (χ0n) is 28.7. The fourth-order valence-electron chi connectivity index (χ4n) is 7.57. The van der Waals surface area contributed by atoms with Crippen molar-refractivity contribution in [2.75, 3.05) is 57.7 Å². The van der Waals surface area contributed by atoms with E-state index in [-0.39, 0.29) is 61.4 Å². The third kappa shape index (κ3) is 8.60. The summed E-state index contributed by atoms with van der Waals surface area (Å²) in [6.07, 6.45) is 0.600. The van der Waals surface area contributed by atoms with Crippen LogP contribution in [0, 0.1) is 5.92 Å². The molecule has 2 saturated heterocycles. The molecule has 1 aromatic heterocycles. The van der Waals surface area contributed by atoms with Gasteiger partial charge in [-0.15, -0.1) is 0 Å². The summed E-state index contributed by atoms with van der Waals surface area (Å²) in [6, 6.07) is 12.2. The maximum Gasteiger partial charge on any atom is 0.401 e. The first-order valence-electron chi connectivity index (χ1n) is 17.7. The van der Waals surface area contributed by atoms with Crippen LogP contribution in [0.1, 0.15) is 61.4 Å². The number of alkyl halides is 3. The molecule has 6 rings (SSSR count). The Balaban J connectivity index is 1.23. The Labute approximate surface area is 300 Å². The van der Waals surface area contributed by atoms with E-state index in [0.29, 0.717) is 73.2 Å². The molecule has 0 spiro atoms. The van der Waals surface area contributed by atoms with Crippen LogP contribution in [0.25, 0.3) is 11.0 Å². The molecule has 14 heteroatoms. The van der Waals surface area contributed by atoms with Crippen LogP contribution in [-0.2, 0) is 25.5 Å². The number of amides is 1. The Bertz CT molecular complexity index is 1700. The molecule has 51 heavy (non-hydrogen) atoms. The molecule has 3 aliphatic rings. The van der Waals surface area contributed by atoms with Crippen LogP contribution < -0.4 is 5.32 Å². The number of benzene rings is 2. The van der Waals surface area contributed by atoms with Crippen LogP contribution >= 0.6 is 11.6 Å². The van der Waals surface area contributed by atoms with Gasteiger partial charge in [0, 0.05) is 51.1 Å². The number of halogens is 4. The number of hydrogen-bond acceptors (Lipinski definition) is 9. The second-order valence-electron chi connectivity index (χ2n) is 13.5. The molecule has 276 valence electrons. The highest BCUT2D eigenvalue weighted by atomic mass is 35.5. The van der Waals surface area contributed by atoms with Crippen molar-refractivity contribution in [1.82, 2.24) is 14.7 Å². The van der Waals surface area contributed by atoms with Crippen LogP contribution in [-0.4, -0.2) is 103 Å². The van der Waals surface area contributed by atoms with Crippen molar-refractivity contribution in [3.63, 3.8) is 0 Å². The summed E-state index contributed by atoms with van der Waals surface area (Å²) in [4.78, 5) is 45.7. The maximum atomic E-state index is 14.8. The molecule has 1 atom stereocenters. The first-order valence-corrected chi connectivity index (χ1v) is 18.1. The normalized spacial score (nSPS) is 22.1. The van der Waals surface area contributed by atoms with Gasteiger partial charge in [0.05, 0.1) is 41.4 Å². The summed E-state index contributed by atoms with van der Waals surface area (Å²) in [6.45, 7) is 2.96. The largest absolute Gasteiger partial charge is 0.466 e. The van der Waals surface area contributed by atoms with E-state index in [9.17, 15) is 27.6 Å². The van der Waals surface area contributed by atoms with E-state index < -0.39 is 24.5 Å². The number of furan rings is 1. The maximum absolute atomic E-state index is 14.8. The molecule has 1 unspecified atom stereocenters. The second kappa shape index (κ2) is 16.0. The molecule has 1 amide bonds. The molecule has 1 saturated carbocycles. The Morgan fingerprint density at radius 3 is 2.29 bits per heavy atom. The molecule has 1 N–H and O–H groups in total. The van der Waals surface area contributed by atoms with Crippen molar-refractivity contribution in [2.45, 2.75) is 70.0 Å². The lowest BCUT2D eigenvalue weighted by atomic mass is 9.87. The smallest absolute Gasteiger partial charge is 0.401 e. The second-order valence-corrected chi connectivity index (χ2v) is 13.9. The number of rotatable bonds is 12. The fourth-order valence-corrected chi connectivity index (χ4v) is 7.82. The Kier molecular flexibility index (Phi) is 11.7. The lowest BCUT2D eigenvalue weighted by Crippen LogP contribution is -2.71. The van der Waals surface area contributed by atoms with Crippen molar-refractivity contribution in [2.24, 2.45) is 5.92 Å².